The predicted octanol–water partition coefficient (Wildman–Crippen LogP) is 4.71. The Labute approximate surface area is 219 Å². The minimum absolute atomic E-state index is 0.0499. The molecule has 1 aliphatic heterocycles. The van der Waals surface area contributed by atoms with Crippen LogP contribution in [-0.4, -0.2) is 46.1 Å². The molecular weight excluding hydrogens is 482 g/mol. The van der Waals surface area contributed by atoms with Gasteiger partial charge in [0.25, 0.3) is 5.91 Å². The Morgan fingerprint density at radius 2 is 1.82 bits per heavy atom. The molecule has 6 rings (SSSR count). The molecule has 0 unspecified atom stereocenters. The first-order valence-electron chi connectivity index (χ1n) is 12.1. The number of hydrogen-bond donors (Lipinski definition) is 0. The van der Waals surface area contributed by atoms with Crippen molar-refractivity contribution in [3.05, 3.63) is 84.4 Å². The third kappa shape index (κ3) is 4.17. The van der Waals surface area contributed by atoms with Crippen molar-refractivity contribution >= 4 is 17.4 Å². The van der Waals surface area contributed by atoms with Crippen LogP contribution in [0.3, 0.4) is 0 Å². The first kappa shape index (κ1) is 23.5. The van der Waals surface area contributed by atoms with Crippen LogP contribution in [0.1, 0.15) is 11.4 Å². The molecule has 4 aromatic heterocycles. The number of hydrogen-bond acceptors (Lipinski definition) is 7. The van der Waals surface area contributed by atoms with E-state index >= 15 is 0 Å². The van der Waals surface area contributed by atoms with Crippen LogP contribution in [-0.2, 0) is 11.3 Å². The average molecular weight is 508 g/mol. The Morgan fingerprint density at radius 3 is 2.61 bits per heavy atom. The monoisotopic (exact) mass is 507 g/mol. The van der Waals surface area contributed by atoms with E-state index < -0.39 is 0 Å². The Bertz CT molecular complexity index is 1660. The van der Waals surface area contributed by atoms with E-state index in [9.17, 15) is 4.79 Å². The van der Waals surface area contributed by atoms with E-state index in [0.29, 0.717) is 24.0 Å². The van der Waals surface area contributed by atoms with Crippen molar-refractivity contribution in [1.82, 2.24) is 19.4 Å². The van der Waals surface area contributed by atoms with Gasteiger partial charge in [-0.15, -0.1) is 0 Å². The molecule has 0 bridgehead atoms. The highest BCUT2D eigenvalue weighted by atomic mass is 16.5. The number of fused-ring (bicyclic) bond motifs is 2. The van der Waals surface area contributed by atoms with Crippen LogP contribution < -0.4 is 19.1 Å². The first-order valence-corrected chi connectivity index (χ1v) is 12.1. The lowest BCUT2D eigenvalue weighted by atomic mass is 10.1. The minimum Gasteiger partial charge on any atom is -0.497 e. The zero-order valence-corrected chi connectivity index (χ0v) is 21.2. The highest BCUT2D eigenvalue weighted by Crippen LogP contribution is 2.35. The molecule has 0 atom stereocenters. The topological polar surface area (TPSA) is 91.1 Å². The number of imidazole rings is 1. The number of methoxy groups -OCH3 is 2. The number of aromatic nitrogens is 4. The summed E-state index contributed by atoms with van der Waals surface area (Å²) in [5.74, 6) is 2.16. The Hall–Kier alpha value is -4.92. The van der Waals surface area contributed by atoms with Gasteiger partial charge in [0.2, 0.25) is 5.88 Å². The number of ether oxygens (including phenoxy) is 3. The van der Waals surface area contributed by atoms with Crippen molar-refractivity contribution in [3.63, 3.8) is 0 Å². The molecule has 1 aliphatic rings. The van der Waals surface area contributed by atoms with Crippen molar-refractivity contribution < 1.29 is 19.0 Å². The zero-order valence-electron chi connectivity index (χ0n) is 21.2. The van der Waals surface area contributed by atoms with E-state index in [1.54, 1.807) is 25.3 Å². The molecule has 0 N–H and O–H groups in total. The van der Waals surface area contributed by atoms with Gasteiger partial charge in [0.15, 0.2) is 18.2 Å². The number of carbonyl (C=O) groups excluding carboxylic acids is 1. The summed E-state index contributed by atoms with van der Waals surface area (Å²) in [5, 5.41) is 0. The second-order valence-corrected chi connectivity index (χ2v) is 8.90. The summed E-state index contributed by atoms with van der Waals surface area (Å²) >= 11 is 0. The predicted molar refractivity (Wildman–Crippen MR) is 143 cm³/mol. The lowest BCUT2D eigenvalue weighted by molar-refractivity contribution is -0.121. The molecule has 0 saturated carbocycles. The minimum atomic E-state index is -0.169. The SMILES string of the molecule is COc1cccc(-c2ccc3c(n2)N(Cc2c(C)nc4ccc(-c5ccc(OC)nc5)cn24)C(=O)CO3)c1. The third-order valence-electron chi connectivity index (χ3n) is 6.62. The van der Waals surface area contributed by atoms with Gasteiger partial charge in [0.1, 0.15) is 11.4 Å². The van der Waals surface area contributed by atoms with Crippen molar-refractivity contribution in [3.8, 4) is 39.8 Å². The molecule has 0 radical (unpaired) electrons. The number of amides is 1. The van der Waals surface area contributed by atoms with Crippen molar-refractivity contribution in [2.75, 3.05) is 25.7 Å². The highest BCUT2D eigenvalue weighted by molar-refractivity contribution is 5.97. The molecule has 190 valence electrons. The summed E-state index contributed by atoms with van der Waals surface area (Å²) < 4.78 is 18.3. The molecule has 38 heavy (non-hydrogen) atoms. The third-order valence-corrected chi connectivity index (χ3v) is 6.62. The fraction of sp³-hybridized carbons (Fsp3) is 0.172. The Kier molecular flexibility index (Phi) is 5.88. The van der Waals surface area contributed by atoms with Crippen LogP contribution in [0.2, 0.25) is 0 Å². The maximum atomic E-state index is 13.1. The summed E-state index contributed by atoms with van der Waals surface area (Å²) in [6.07, 6.45) is 3.79. The first-order chi connectivity index (χ1) is 18.5. The van der Waals surface area contributed by atoms with Gasteiger partial charge in [-0.05, 0) is 49.4 Å². The lowest BCUT2D eigenvalue weighted by Gasteiger charge is -2.28. The van der Waals surface area contributed by atoms with Gasteiger partial charge < -0.3 is 18.6 Å². The molecule has 0 aliphatic carbocycles. The number of pyridine rings is 3. The van der Waals surface area contributed by atoms with E-state index in [4.69, 9.17) is 24.2 Å². The molecule has 0 spiro atoms. The highest BCUT2D eigenvalue weighted by Gasteiger charge is 2.29. The summed E-state index contributed by atoms with van der Waals surface area (Å²) in [4.78, 5) is 28.7. The van der Waals surface area contributed by atoms with Gasteiger partial charge in [0, 0.05) is 35.2 Å². The quantitative estimate of drug-likeness (QED) is 0.329. The molecule has 0 fully saturated rings. The van der Waals surface area contributed by atoms with Gasteiger partial charge in [-0.3, -0.25) is 9.69 Å². The molecule has 5 heterocycles. The molecular formula is C29H25N5O4. The zero-order chi connectivity index (χ0) is 26.2. The molecule has 9 heteroatoms. The van der Waals surface area contributed by atoms with Crippen LogP contribution in [0.5, 0.6) is 17.4 Å². The average Bonchev–Trinajstić information content (AvgIpc) is 3.28. The number of anilines is 1. The Balaban J connectivity index is 1.39. The normalized spacial score (nSPS) is 12.8. The second kappa shape index (κ2) is 9.51. The van der Waals surface area contributed by atoms with Crippen LogP contribution in [0.25, 0.3) is 28.0 Å². The molecule has 1 aromatic carbocycles. The maximum absolute atomic E-state index is 13.1. The molecule has 5 aromatic rings. The summed E-state index contributed by atoms with van der Waals surface area (Å²) in [6, 6.07) is 19.2. The maximum Gasteiger partial charge on any atom is 0.266 e. The van der Waals surface area contributed by atoms with Gasteiger partial charge >= 0.3 is 0 Å². The van der Waals surface area contributed by atoms with Crippen molar-refractivity contribution in [2.45, 2.75) is 13.5 Å². The van der Waals surface area contributed by atoms with Crippen LogP contribution in [0, 0.1) is 6.92 Å². The van der Waals surface area contributed by atoms with Crippen molar-refractivity contribution in [1.29, 1.82) is 0 Å². The molecule has 9 nitrogen and oxygen atoms in total. The molecule has 0 saturated heterocycles. The fourth-order valence-corrected chi connectivity index (χ4v) is 4.58. The standard InChI is InChI=1S/C29H25N5O4/c1-18-24(33-15-21(7-11-26(33)31-18)20-8-12-27(37-3)30-14-20)16-34-28(35)17-38-25-10-9-23(32-29(25)34)19-5-4-6-22(13-19)36-2/h4-15H,16-17H2,1-3H3. The van der Waals surface area contributed by atoms with Crippen LogP contribution in [0.15, 0.2) is 73.1 Å². The van der Waals surface area contributed by atoms with E-state index in [1.807, 2.05) is 78.2 Å². The van der Waals surface area contributed by atoms with Gasteiger partial charge in [0.05, 0.1) is 37.8 Å². The van der Waals surface area contributed by atoms with Gasteiger partial charge in [-0.1, -0.05) is 12.1 Å². The van der Waals surface area contributed by atoms with Gasteiger partial charge in [-0.25, -0.2) is 15.0 Å². The second-order valence-electron chi connectivity index (χ2n) is 8.90. The number of nitrogens with zero attached hydrogens (tertiary/aromatic N) is 5. The number of carbonyl (C=O) groups is 1. The largest absolute Gasteiger partial charge is 0.497 e. The molecule has 1 amide bonds. The van der Waals surface area contributed by atoms with E-state index in [0.717, 1.165) is 45.2 Å². The van der Waals surface area contributed by atoms with E-state index in [1.165, 1.54) is 0 Å². The van der Waals surface area contributed by atoms with Crippen LogP contribution >= 0.6 is 0 Å². The van der Waals surface area contributed by atoms with Gasteiger partial charge in [-0.2, -0.15) is 0 Å². The van der Waals surface area contributed by atoms with E-state index in [2.05, 4.69) is 4.98 Å². The number of benzene rings is 1. The lowest BCUT2D eigenvalue weighted by Crippen LogP contribution is -2.39. The number of rotatable bonds is 6. The summed E-state index contributed by atoms with van der Waals surface area (Å²) in [6.45, 7) is 2.19. The smallest absolute Gasteiger partial charge is 0.266 e. The summed E-state index contributed by atoms with van der Waals surface area (Å²) in [5.41, 5.74) is 6.03. The fourth-order valence-electron chi connectivity index (χ4n) is 4.58. The van der Waals surface area contributed by atoms with Crippen LogP contribution in [0.4, 0.5) is 5.82 Å². The van der Waals surface area contributed by atoms with E-state index in [-0.39, 0.29) is 12.5 Å². The Morgan fingerprint density at radius 1 is 0.947 bits per heavy atom. The number of aryl methyl sites for hydroxylation is 1. The summed E-state index contributed by atoms with van der Waals surface area (Å²) in [7, 11) is 3.22. The van der Waals surface area contributed by atoms with Crippen molar-refractivity contribution in [2.24, 2.45) is 0 Å².